The largest absolute Gasteiger partial charge is 0.349 e. The van der Waals surface area contributed by atoms with E-state index in [0.717, 1.165) is 0 Å². The number of amides is 1. The van der Waals surface area contributed by atoms with E-state index < -0.39 is 9.84 Å². The molecule has 0 spiro atoms. The van der Waals surface area contributed by atoms with Crippen LogP contribution in [0.15, 0.2) is 29.2 Å². The second-order valence-electron chi connectivity index (χ2n) is 4.84. The summed E-state index contributed by atoms with van der Waals surface area (Å²) in [6.45, 7) is 2.03. The van der Waals surface area contributed by atoms with Crippen LogP contribution in [0.2, 0.25) is 0 Å². The molecule has 6 heteroatoms. The number of carbonyl (C=O) groups excluding carboxylic acids is 1. The van der Waals surface area contributed by atoms with Crippen molar-refractivity contribution in [3.8, 4) is 0 Å². The van der Waals surface area contributed by atoms with Crippen molar-refractivity contribution in [2.75, 3.05) is 12.3 Å². The Balaban J connectivity index is 2.28. The summed E-state index contributed by atoms with van der Waals surface area (Å²) >= 11 is 0. The average Bonchev–Trinajstić information content (AvgIpc) is 2.41. The molecule has 1 aromatic rings. The number of sulfone groups is 1. The Bertz CT molecular complexity index is 583. The number of rotatable bonds is 3. The van der Waals surface area contributed by atoms with E-state index in [2.05, 4.69) is 5.32 Å². The Morgan fingerprint density at radius 1 is 1.47 bits per heavy atom. The van der Waals surface area contributed by atoms with Gasteiger partial charge in [0, 0.05) is 12.5 Å². The summed E-state index contributed by atoms with van der Waals surface area (Å²) in [4.78, 5) is 12.2. The van der Waals surface area contributed by atoms with Crippen LogP contribution in [0.5, 0.6) is 0 Å². The zero-order chi connectivity index (χ0) is 14.0. The predicted octanol–water partition coefficient (Wildman–Crippen LogP) is 0.616. The lowest BCUT2D eigenvalue weighted by molar-refractivity contribution is -0.125. The van der Waals surface area contributed by atoms with Gasteiger partial charge in [-0.05, 0) is 18.1 Å². The molecular formula is C13H18N2O3S. The standard InChI is InChI=1S/C13H18N2O3S/c1-9(8-14)13(16)15-11-6-7-19(17,18)12-5-3-2-4-10(11)12/h2-5,9,11H,6-8,14H2,1H3,(H,15,16). The van der Waals surface area contributed by atoms with Gasteiger partial charge in [-0.2, -0.15) is 0 Å². The maximum absolute atomic E-state index is 12.0. The summed E-state index contributed by atoms with van der Waals surface area (Å²) in [5.41, 5.74) is 6.13. The molecule has 1 aliphatic rings. The summed E-state index contributed by atoms with van der Waals surface area (Å²) in [5.74, 6) is -0.348. The first-order valence-corrected chi connectivity index (χ1v) is 7.93. The third-order valence-electron chi connectivity index (χ3n) is 3.42. The van der Waals surface area contributed by atoms with Crippen molar-refractivity contribution in [3.63, 3.8) is 0 Å². The molecule has 0 saturated carbocycles. The first-order valence-electron chi connectivity index (χ1n) is 6.28. The molecule has 19 heavy (non-hydrogen) atoms. The highest BCUT2D eigenvalue weighted by atomic mass is 32.2. The van der Waals surface area contributed by atoms with Crippen LogP contribution in [-0.2, 0) is 14.6 Å². The van der Waals surface area contributed by atoms with Gasteiger partial charge in [0.1, 0.15) is 0 Å². The van der Waals surface area contributed by atoms with Crippen LogP contribution < -0.4 is 11.1 Å². The Morgan fingerprint density at radius 2 is 2.16 bits per heavy atom. The highest BCUT2D eigenvalue weighted by Crippen LogP contribution is 2.31. The van der Waals surface area contributed by atoms with Crippen LogP contribution in [0, 0.1) is 5.92 Å². The van der Waals surface area contributed by atoms with Gasteiger partial charge in [-0.25, -0.2) is 8.42 Å². The lowest BCUT2D eigenvalue weighted by Gasteiger charge is -2.27. The Labute approximate surface area is 113 Å². The Kier molecular flexibility index (Phi) is 3.91. The minimum atomic E-state index is -3.21. The summed E-state index contributed by atoms with van der Waals surface area (Å²) in [7, 11) is -3.21. The van der Waals surface area contributed by atoms with Gasteiger partial charge in [0.25, 0.3) is 0 Å². The number of fused-ring (bicyclic) bond motifs is 1. The number of carbonyl (C=O) groups is 1. The molecule has 1 aliphatic heterocycles. The Morgan fingerprint density at radius 3 is 2.84 bits per heavy atom. The second-order valence-corrected chi connectivity index (χ2v) is 6.92. The highest BCUT2D eigenvalue weighted by Gasteiger charge is 2.31. The lowest BCUT2D eigenvalue weighted by atomic mass is 10.0. The van der Waals surface area contributed by atoms with Crippen LogP contribution in [0.1, 0.15) is 24.9 Å². The molecule has 1 amide bonds. The van der Waals surface area contributed by atoms with E-state index in [1.54, 1.807) is 31.2 Å². The molecule has 104 valence electrons. The third kappa shape index (κ3) is 2.79. The van der Waals surface area contributed by atoms with Gasteiger partial charge in [0.2, 0.25) is 5.91 Å². The molecule has 0 saturated heterocycles. The van der Waals surface area contributed by atoms with Crippen molar-refractivity contribution >= 4 is 15.7 Å². The van der Waals surface area contributed by atoms with E-state index in [0.29, 0.717) is 16.9 Å². The number of benzene rings is 1. The van der Waals surface area contributed by atoms with Crippen molar-refractivity contribution in [2.45, 2.75) is 24.3 Å². The maximum atomic E-state index is 12.0. The molecule has 2 atom stereocenters. The maximum Gasteiger partial charge on any atom is 0.224 e. The van der Waals surface area contributed by atoms with E-state index in [1.807, 2.05) is 0 Å². The fourth-order valence-corrected chi connectivity index (χ4v) is 3.78. The summed E-state index contributed by atoms with van der Waals surface area (Å²) in [6, 6.07) is 6.58. The monoisotopic (exact) mass is 282 g/mol. The van der Waals surface area contributed by atoms with Crippen LogP contribution >= 0.6 is 0 Å². The van der Waals surface area contributed by atoms with E-state index in [-0.39, 0.29) is 30.2 Å². The van der Waals surface area contributed by atoms with Gasteiger partial charge < -0.3 is 11.1 Å². The van der Waals surface area contributed by atoms with Crippen LogP contribution in [0.25, 0.3) is 0 Å². The van der Waals surface area contributed by atoms with E-state index in [4.69, 9.17) is 5.73 Å². The molecule has 0 fully saturated rings. The fourth-order valence-electron chi connectivity index (χ4n) is 2.16. The minimum absolute atomic E-state index is 0.0615. The SMILES string of the molecule is CC(CN)C(=O)NC1CCS(=O)(=O)c2ccccc21. The van der Waals surface area contributed by atoms with Gasteiger partial charge in [-0.3, -0.25) is 4.79 Å². The van der Waals surface area contributed by atoms with E-state index in [1.165, 1.54) is 0 Å². The number of hydrogen-bond acceptors (Lipinski definition) is 4. The molecule has 5 nitrogen and oxygen atoms in total. The molecule has 0 radical (unpaired) electrons. The van der Waals surface area contributed by atoms with E-state index in [9.17, 15) is 13.2 Å². The molecule has 2 rings (SSSR count). The molecule has 1 aromatic carbocycles. The molecular weight excluding hydrogens is 264 g/mol. The minimum Gasteiger partial charge on any atom is -0.349 e. The lowest BCUT2D eigenvalue weighted by Crippen LogP contribution is -2.38. The molecule has 0 aliphatic carbocycles. The van der Waals surface area contributed by atoms with Crippen molar-refractivity contribution in [1.29, 1.82) is 0 Å². The third-order valence-corrected chi connectivity index (χ3v) is 5.24. The summed E-state index contributed by atoms with van der Waals surface area (Å²) in [6.07, 6.45) is 0.405. The smallest absolute Gasteiger partial charge is 0.224 e. The zero-order valence-electron chi connectivity index (χ0n) is 10.8. The van der Waals surface area contributed by atoms with Gasteiger partial charge in [-0.15, -0.1) is 0 Å². The molecule has 2 unspecified atom stereocenters. The average molecular weight is 282 g/mol. The van der Waals surface area contributed by atoms with Gasteiger partial charge in [0.15, 0.2) is 9.84 Å². The molecule has 0 aromatic heterocycles. The topological polar surface area (TPSA) is 89.3 Å². The summed E-state index contributed by atoms with van der Waals surface area (Å²) < 4.78 is 23.9. The van der Waals surface area contributed by atoms with Crippen LogP contribution in [0.4, 0.5) is 0 Å². The number of hydrogen-bond donors (Lipinski definition) is 2. The second kappa shape index (κ2) is 5.30. The Hall–Kier alpha value is -1.40. The van der Waals surface area contributed by atoms with Gasteiger partial charge in [-0.1, -0.05) is 25.1 Å². The van der Waals surface area contributed by atoms with Crippen LogP contribution in [-0.4, -0.2) is 26.6 Å². The fraction of sp³-hybridized carbons (Fsp3) is 0.462. The zero-order valence-corrected chi connectivity index (χ0v) is 11.6. The normalized spacial score (nSPS) is 22.3. The number of nitrogens with two attached hydrogens (primary N) is 1. The predicted molar refractivity (Wildman–Crippen MR) is 72.2 cm³/mol. The van der Waals surface area contributed by atoms with Crippen LogP contribution in [0.3, 0.4) is 0 Å². The van der Waals surface area contributed by atoms with E-state index >= 15 is 0 Å². The van der Waals surface area contributed by atoms with Gasteiger partial charge >= 0.3 is 0 Å². The van der Waals surface area contributed by atoms with Gasteiger partial charge in [0.05, 0.1) is 16.7 Å². The molecule has 0 bridgehead atoms. The van der Waals surface area contributed by atoms with Crippen molar-refractivity contribution in [2.24, 2.45) is 11.7 Å². The quantitative estimate of drug-likeness (QED) is 0.850. The van der Waals surface area contributed by atoms with Crippen molar-refractivity contribution in [3.05, 3.63) is 29.8 Å². The van der Waals surface area contributed by atoms with Crippen molar-refractivity contribution < 1.29 is 13.2 Å². The first kappa shape index (κ1) is 14.0. The molecule has 3 N–H and O–H groups in total. The first-order chi connectivity index (χ1) is 8.95. The summed E-state index contributed by atoms with van der Waals surface area (Å²) in [5, 5.41) is 2.88. The highest BCUT2D eigenvalue weighted by molar-refractivity contribution is 7.91. The number of nitrogens with one attached hydrogen (secondary N) is 1. The molecule has 1 heterocycles. The van der Waals surface area contributed by atoms with Crippen molar-refractivity contribution in [1.82, 2.24) is 5.32 Å².